The topological polar surface area (TPSA) is 108 Å². The minimum Gasteiger partial charge on any atom is -0.482 e. The van der Waals surface area contributed by atoms with Gasteiger partial charge in [0.1, 0.15) is 10.8 Å². The molecule has 0 fully saturated rings. The molecule has 0 bridgehead atoms. The van der Waals surface area contributed by atoms with Gasteiger partial charge in [0.25, 0.3) is 11.6 Å². The first-order chi connectivity index (χ1) is 12.8. The van der Waals surface area contributed by atoms with Gasteiger partial charge in [-0.3, -0.25) is 14.9 Å². The van der Waals surface area contributed by atoms with Crippen LogP contribution >= 0.6 is 11.6 Å². The van der Waals surface area contributed by atoms with Crippen LogP contribution in [-0.2, 0) is 14.3 Å². The van der Waals surface area contributed by atoms with Gasteiger partial charge in [0, 0.05) is 11.8 Å². The number of halogens is 1. The molecule has 0 atom stereocenters. The Morgan fingerprint density at radius 2 is 1.93 bits per heavy atom. The normalized spacial score (nSPS) is 10.2. The Labute approximate surface area is 160 Å². The number of carbonyl (C=O) groups excluding carboxylic acids is 2. The van der Waals surface area contributed by atoms with E-state index in [0.29, 0.717) is 5.75 Å². The molecule has 0 aromatic heterocycles. The van der Waals surface area contributed by atoms with Gasteiger partial charge in [-0.25, -0.2) is 4.79 Å². The zero-order valence-electron chi connectivity index (χ0n) is 14.7. The molecule has 2 rings (SSSR count). The number of hydrogen-bond acceptors (Lipinski definition) is 6. The summed E-state index contributed by atoms with van der Waals surface area (Å²) in [5.74, 6) is -0.801. The van der Waals surface area contributed by atoms with Gasteiger partial charge < -0.3 is 14.8 Å². The van der Waals surface area contributed by atoms with Crippen molar-refractivity contribution in [3.05, 3.63) is 62.7 Å². The maximum absolute atomic E-state index is 11.8. The summed E-state index contributed by atoms with van der Waals surface area (Å²) in [4.78, 5) is 33.7. The first-order valence-corrected chi connectivity index (χ1v) is 8.24. The van der Waals surface area contributed by atoms with E-state index in [9.17, 15) is 19.7 Å². The van der Waals surface area contributed by atoms with Crippen LogP contribution in [-0.4, -0.2) is 30.0 Å². The number of nitro groups is 1. The van der Waals surface area contributed by atoms with Crippen LogP contribution in [0.1, 0.15) is 11.1 Å². The average molecular weight is 393 g/mol. The third-order valence-corrected chi connectivity index (χ3v) is 4.01. The summed E-state index contributed by atoms with van der Waals surface area (Å²) >= 11 is 5.70. The van der Waals surface area contributed by atoms with Crippen molar-refractivity contribution in [2.24, 2.45) is 0 Å². The number of ether oxygens (including phenoxy) is 2. The average Bonchev–Trinajstić information content (AvgIpc) is 2.62. The van der Waals surface area contributed by atoms with Crippen LogP contribution in [0.4, 0.5) is 11.4 Å². The van der Waals surface area contributed by atoms with Crippen LogP contribution in [0.2, 0.25) is 5.02 Å². The van der Waals surface area contributed by atoms with Gasteiger partial charge in [-0.05, 0) is 43.2 Å². The van der Waals surface area contributed by atoms with Gasteiger partial charge in [0.2, 0.25) is 0 Å². The number of benzene rings is 2. The number of carbonyl (C=O) groups is 2. The number of hydrogen-bond donors (Lipinski definition) is 1. The number of anilines is 1. The molecule has 142 valence electrons. The van der Waals surface area contributed by atoms with Crippen LogP contribution in [0, 0.1) is 24.0 Å². The maximum Gasteiger partial charge on any atom is 0.344 e. The number of aryl methyl sites for hydroxylation is 1. The monoisotopic (exact) mass is 392 g/mol. The van der Waals surface area contributed by atoms with Crippen LogP contribution in [0.25, 0.3) is 0 Å². The molecule has 9 heteroatoms. The second-order valence-electron chi connectivity index (χ2n) is 5.62. The Morgan fingerprint density at radius 3 is 2.63 bits per heavy atom. The first-order valence-electron chi connectivity index (χ1n) is 7.86. The number of rotatable bonds is 7. The summed E-state index contributed by atoms with van der Waals surface area (Å²) in [6.45, 7) is 2.90. The van der Waals surface area contributed by atoms with Gasteiger partial charge in [0.05, 0.1) is 4.92 Å². The lowest BCUT2D eigenvalue weighted by molar-refractivity contribution is -0.384. The Kier molecular flexibility index (Phi) is 6.73. The highest BCUT2D eigenvalue weighted by Gasteiger charge is 2.15. The van der Waals surface area contributed by atoms with Gasteiger partial charge in [-0.2, -0.15) is 0 Å². The largest absolute Gasteiger partial charge is 0.482 e. The van der Waals surface area contributed by atoms with Gasteiger partial charge in [-0.1, -0.05) is 23.7 Å². The second-order valence-corrected chi connectivity index (χ2v) is 6.03. The molecule has 1 N–H and O–H groups in total. The van der Waals surface area contributed by atoms with Crippen molar-refractivity contribution in [3.63, 3.8) is 0 Å². The molecule has 0 spiro atoms. The van der Waals surface area contributed by atoms with E-state index >= 15 is 0 Å². The molecule has 1 amide bonds. The molecular formula is C18H17ClN2O6. The summed E-state index contributed by atoms with van der Waals surface area (Å²) in [5, 5.41) is 13.2. The standard InChI is InChI=1S/C18H17ClN2O6/c1-11-4-3-5-16(12(11)2)26-10-18(23)27-9-17(22)20-13-6-7-14(19)15(8-13)21(24)25/h3-8H,9-10H2,1-2H3,(H,20,22). The summed E-state index contributed by atoms with van der Waals surface area (Å²) in [6, 6.07) is 9.27. The van der Waals surface area contributed by atoms with E-state index in [4.69, 9.17) is 21.1 Å². The predicted molar refractivity (Wildman–Crippen MR) is 99.1 cm³/mol. The summed E-state index contributed by atoms with van der Waals surface area (Å²) in [5.41, 5.74) is 1.76. The molecule has 0 aliphatic rings. The van der Waals surface area contributed by atoms with E-state index in [-0.39, 0.29) is 23.0 Å². The van der Waals surface area contributed by atoms with Gasteiger partial charge >= 0.3 is 5.97 Å². The lowest BCUT2D eigenvalue weighted by Gasteiger charge is -2.11. The minimum absolute atomic E-state index is 0.0481. The molecule has 8 nitrogen and oxygen atoms in total. The first kappa shape index (κ1) is 20.2. The van der Waals surface area contributed by atoms with Gasteiger partial charge in [0.15, 0.2) is 13.2 Å². The number of esters is 1. The van der Waals surface area contributed by atoms with Crippen molar-refractivity contribution in [1.29, 1.82) is 0 Å². The van der Waals surface area contributed by atoms with Crippen molar-refractivity contribution in [2.45, 2.75) is 13.8 Å². The second kappa shape index (κ2) is 9.00. The van der Waals surface area contributed by atoms with Crippen molar-refractivity contribution in [3.8, 4) is 5.75 Å². The van der Waals surface area contributed by atoms with E-state index in [0.717, 1.165) is 17.2 Å². The molecule has 0 saturated heterocycles. The van der Waals surface area contributed by atoms with E-state index in [1.165, 1.54) is 12.1 Å². The molecule has 2 aromatic carbocycles. The van der Waals surface area contributed by atoms with Crippen LogP contribution in [0.5, 0.6) is 5.75 Å². The van der Waals surface area contributed by atoms with E-state index in [2.05, 4.69) is 5.32 Å². The Balaban J connectivity index is 1.83. The Morgan fingerprint density at radius 1 is 1.19 bits per heavy atom. The molecule has 0 unspecified atom stereocenters. The zero-order valence-corrected chi connectivity index (χ0v) is 15.4. The van der Waals surface area contributed by atoms with E-state index in [1.807, 2.05) is 26.0 Å². The van der Waals surface area contributed by atoms with Crippen molar-refractivity contribution in [1.82, 2.24) is 0 Å². The fourth-order valence-corrected chi connectivity index (χ4v) is 2.32. The highest BCUT2D eigenvalue weighted by Crippen LogP contribution is 2.27. The number of nitrogens with one attached hydrogen (secondary N) is 1. The molecule has 0 aliphatic carbocycles. The number of amides is 1. The molecule has 2 aromatic rings. The quantitative estimate of drug-likeness (QED) is 0.439. The Bertz CT molecular complexity index is 884. The maximum atomic E-state index is 11.8. The summed E-state index contributed by atoms with van der Waals surface area (Å²) in [7, 11) is 0. The SMILES string of the molecule is Cc1cccc(OCC(=O)OCC(=O)Nc2ccc(Cl)c([N+](=O)[O-])c2)c1C. The summed E-state index contributed by atoms with van der Waals surface area (Å²) < 4.78 is 10.2. The molecule has 0 saturated carbocycles. The van der Waals surface area contributed by atoms with Crippen LogP contribution in [0.15, 0.2) is 36.4 Å². The molecular weight excluding hydrogens is 376 g/mol. The fourth-order valence-electron chi connectivity index (χ4n) is 2.13. The minimum atomic E-state index is -0.715. The van der Waals surface area contributed by atoms with Crippen molar-refractivity contribution < 1.29 is 24.0 Å². The lowest BCUT2D eigenvalue weighted by atomic mass is 10.1. The zero-order chi connectivity index (χ0) is 20.0. The van der Waals surface area contributed by atoms with Crippen LogP contribution in [0.3, 0.4) is 0 Å². The molecule has 0 aliphatic heterocycles. The summed E-state index contributed by atoms with van der Waals surface area (Å²) in [6.07, 6.45) is 0. The third-order valence-electron chi connectivity index (χ3n) is 3.69. The van der Waals surface area contributed by atoms with Gasteiger partial charge in [-0.15, -0.1) is 0 Å². The lowest BCUT2D eigenvalue weighted by Crippen LogP contribution is -2.23. The predicted octanol–water partition coefficient (Wildman–Crippen LogP) is 3.43. The number of nitrogens with zero attached hydrogens (tertiary/aromatic N) is 1. The molecule has 0 heterocycles. The highest BCUT2D eigenvalue weighted by molar-refractivity contribution is 6.32. The van der Waals surface area contributed by atoms with E-state index < -0.39 is 23.4 Å². The number of nitro benzene ring substituents is 1. The highest BCUT2D eigenvalue weighted by atomic mass is 35.5. The Hall–Kier alpha value is -3.13. The third kappa shape index (κ3) is 5.68. The van der Waals surface area contributed by atoms with Crippen LogP contribution < -0.4 is 10.1 Å². The fraction of sp³-hybridized carbons (Fsp3) is 0.222. The molecule has 27 heavy (non-hydrogen) atoms. The molecule has 0 radical (unpaired) electrons. The van der Waals surface area contributed by atoms with Crippen molar-refractivity contribution >= 4 is 34.9 Å². The van der Waals surface area contributed by atoms with Crippen molar-refractivity contribution in [2.75, 3.05) is 18.5 Å². The van der Waals surface area contributed by atoms with E-state index in [1.54, 1.807) is 6.07 Å². The smallest absolute Gasteiger partial charge is 0.344 e.